The van der Waals surface area contributed by atoms with Crippen molar-refractivity contribution in [3.63, 3.8) is 0 Å². The summed E-state index contributed by atoms with van der Waals surface area (Å²) in [4.78, 5) is 21.1. The first-order valence-electron chi connectivity index (χ1n) is 4.61. The van der Waals surface area contributed by atoms with E-state index in [9.17, 15) is 9.59 Å². The third-order valence-corrected chi connectivity index (χ3v) is 2.09. The smallest absolute Gasteiger partial charge is 0.226 e. The fourth-order valence-electron chi connectivity index (χ4n) is 1.25. The van der Waals surface area contributed by atoms with Gasteiger partial charge in [0.2, 0.25) is 5.78 Å². The number of allylic oxidation sites excluding steroid dienone is 1. The van der Waals surface area contributed by atoms with Gasteiger partial charge in [-0.1, -0.05) is 6.08 Å². The van der Waals surface area contributed by atoms with Crippen molar-refractivity contribution in [3.05, 3.63) is 12.7 Å². The fourth-order valence-corrected chi connectivity index (χ4v) is 1.25. The molecule has 0 radical (unpaired) electrons. The summed E-state index contributed by atoms with van der Waals surface area (Å²) in [6.45, 7) is 4.16. The molecular formula is C10H14O4. The van der Waals surface area contributed by atoms with Gasteiger partial charge in [0, 0.05) is 0 Å². The molecule has 1 aliphatic heterocycles. The molecule has 2 unspecified atom stereocenters. The summed E-state index contributed by atoms with van der Waals surface area (Å²) in [5, 5.41) is 0. The highest BCUT2D eigenvalue weighted by Gasteiger charge is 2.26. The second-order valence-electron chi connectivity index (χ2n) is 3.16. The van der Waals surface area contributed by atoms with E-state index < -0.39 is 11.9 Å². The van der Waals surface area contributed by atoms with Gasteiger partial charge >= 0.3 is 0 Å². The molecule has 0 saturated carbocycles. The number of rotatable bonds is 5. The predicted octanol–water partition coefficient (Wildman–Crippen LogP) is 0.505. The lowest BCUT2D eigenvalue weighted by Gasteiger charge is -2.27. The maximum atomic E-state index is 10.9. The van der Waals surface area contributed by atoms with Crippen molar-refractivity contribution in [1.29, 1.82) is 0 Å². The molecule has 1 saturated heterocycles. The van der Waals surface area contributed by atoms with Gasteiger partial charge in [-0.05, 0) is 12.8 Å². The molecule has 0 N–H and O–H groups in total. The van der Waals surface area contributed by atoms with E-state index in [0.717, 1.165) is 12.8 Å². The Kier molecular flexibility index (Phi) is 4.49. The monoisotopic (exact) mass is 198 g/mol. The van der Waals surface area contributed by atoms with Crippen molar-refractivity contribution in [1.82, 2.24) is 0 Å². The second-order valence-corrected chi connectivity index (χ2v) is 3.16. The number of hydrogen-bond acceptors (Lipinski definition) is 4. The molecule has 1 fully saturated rings. The maximum Gasteiger partial charge on any atom is 0.226 e. The number of aldehydes is 1. The Morgan fingerprint density at radius 2 is 2.21 bits per heavy atom. The van der Waals surface area contributed by atoms with E-state index in [2.05, 4.69) is 6.58 Å². The van der Waals surface area contributed by atoms with Gasteiger partial charge in [-0.25, -0.2) is 0 Å². The highest BCUT2D eigenvalue weighted by Crippen LogP contribution is 2.12. The molecule has 2 atom stereocenters. The van der Waals surface area contributed by atoms with Gasteiger partial charge in [-0.3, -0.25) is 9.59 Å². The highest BCUT2D eigenvalue weighted by molar-refractivity contribution is 6.27. The number of carbonyl (C=O) groups excluding carboxylic acids is 2. The number of carbonyl (C=O) groups is 2. The van der Waals surface area contributed by atoms with Gasteiger partial charge in [0.15, 0.2) is 6.29 Å². The number of ketones is 1. The van der Waals surface area contributed by atoms with E-state index in [-0.39, 0.29) is 19.0 Å². The van der Waals surface area contributed by atoms with Crippen LogP contribution in [0.15, 0.2) is 12.7 Å². The summed E-state index contributed by atoms with van der Waals surface area (Å²) in [6.07, 6.45) is 3.10. The summed E-state index contributed by atoms with van der Waals surface area (Å²) < 4.78 is 10.6. The second kappa shape index (κ2) is 5.67. The van der Waals surface area contributed by atoms with Crippen molar-refractivity contribution in [3.8, 4) is 0 Å². The largest absolute Gasteiger partial charge is 0.373 e. The van der Waals surface area contributed by atoms with E-state index in [1.807, 2.05) is 6.08 Å². The zero-order chi connectivity index (χ0) is 10.4. The SMILES string of the molecule is C=CCCC1COC(C(=O)C=O)CO1. The van der Waals surface area contributed by atoms with Gasteiger partial charge in [-0.15, -0.1) is 6.58 Å². The summed E-state index contributed by atoms with van der Waals surface area (Å²) in [7, 11) is 0. The van der Waals surface area contributed by atoms with E-state index in [1.165, 1.54) is 0 Å². The quantitative estimate of drug-likeness (QED) is 0.367. The van der Waals surface area contributed by atoms with Crippen LogP contribution in [0.3, 0.4) is 0 Å². The molecule has 1 rings (SSSR count). The molecule has 14 heavy (non-hydrogen) atoms. The van der Waals surface area contributed by atoms with Gasteiger partial charge in [0.05, 0.1) is 19.3 Å². The summed E-state index contributed by atoms with van der Waals surface area (Å²) >= 11 is 0. The predicted molar refractivity (Wildman–Crippen MR) is 50.0 cm³/mol. The first-order chi connectivity index (χ1) is 6.77. The van der Waals surface area contributed by atoms with Crippen LogP contribution in [0, 0.1) is 0 Å². The van der Waals surface area contributed by atoms with Crippen LogP contribution in [0.4, 0.5) is 0 Å². The van der Waals surface area contributed by atoms with Gasteiger partial charge in [0.1, 0.15) is 6.10 Å². The fraction of sp³-hybridized carbons (Fsp3) is 0.600. The van der Waals surface area contributed by atoms with Crippen molar-refractivity contribution in [2.24, 2.45) is 0 Å². The Balaban J connectivity index is 2.27. The minimum Gasteiger partial charge on any atom is -0.373 e. The van der Waals surface area contributed by atoms with Crippen LogP contribution >= 0.6 is 0 Å². The normalized spacial score (nSPS) is 26.9. The van der Waals surface area contributed by atoms with E-state index in [4.69, 9.17) is 9.47 Å². The molecule has 0 aromatic heterocycles. The van der Waals surface area contributed by atoms with Crippen LogP contribution in [-0.4, -0.2) is 37.5 Å². The Hall–Kier alpha value is -1.00. The molecule has 4 nitrogen and oxygen atoms in total. The lowest BCUT2D eigenvalue weighted by molar-refractivity contribution is -0.160. The zero-order valence-electron chi connectivity index (χ0n) is 7.98. The van der Waals surface area contributed by atoms with Crippen LogP contribution in [0.25, 0.3) is 0 Å². The van der Waals surface area contributed by atoms with Crippen LogP contribution in [0.2, 0.25) is 0 Å². The Bertz CT molecular complexity index is 216. The Labute approximate surface area is 82.9 Å². The Morgan fingerprint density at radius 1 is 1.43 bits per heavy atom. The lowest BCUT2D eigenvalue weighted by Crippen LogP contribution is -2.40. The van der Waals surface area contributed by atoms with Crippen molar-refractivity contribution < 1.29 is 19.1 Å². The molecular weight excluding hydrogens is 184 g/mol. The van der Waals surface area contributed by atoms with Crippen LogP contribution in [0.5, 0.6) is 0 Å². The summed E-state index contributed by atoms with van der Waals surface area (Å²) in [5.41, 5.74) is 0. The van der Waals surface area contributed by atoms with Gasteiger partial charge in [0.25, 0.3) is 0 Å². The molecule has 0 amide bonds. The first kappa shape index (κ1) is 11.1. The van der Waals surface area contributed by atoms with Crippen molar-refractivity contribution in [2.45, 2.75) is 25.0 Å². The van der Waals surface area contributed by atoms with Crippen LogP contribution < -0.4 is 0 Å². The van der Waals surface area contributed by atoms with Crippen LogP contribution in [-0.2, 0) is 19.1 Å². The number of Topliss-reactive ketones (excluding diaryl/α,β-unsaturated/α-hetero) is 1. The molecule has 0 aromatic carbocycles. The lowest BCUT2D eigenvalue weighted by atomic mass is 10.1. The molecule has 0 aromatic rings. The highest BCUT2D eigenvalue weighted by atomic mass is 16.6. The maximum absolute atomic E-state index is 10.9. The van der Waals surface area contributed by atoms with E-state index in [0.29, 0.717) is 6.61 Å². The molecule has 0 spiro atoms. The zero-order valence-corrected chi connectivity index (χ0v) is 7.98. The first-order valence-corrected chi connectivity index (χ1v) is 4.61. The van der Waals surface area contributed by atoms with E-state index >= 15 is 0 Å². The molecule has 78 valence electrons. The minimum absolute atomic E-state index is 0.0173. The molecule has 4 heteroatoms. The minimum atomic E-state index is -0.701. The van der Waals surface area contributed by atoms with Crippen molar-refractivity contribution in [2.75, 3.05) is 13.2 Å². The Morgan fingerprint density at radius 3 is 2.71 bits per heavy atom. The third-order valence-electron chi connectivity index (χ3n) is 2.09. The van der Waals surface area contributed by atoms with Gasteiger partial charge < -0.3 is 9.47 Å². The average Bonchev–Trinajstić information content (AvgIpc) is 2.26. The molecule has 0 aliphatic carbocycles. The molecule has 1 aliphatic rings. The van der Waals surface area contributed by atoms with Gasteiger partial charge in [-0.2, -0.15) is 0 Å². The standard InChI is InChI=1S/C10H14O4/c1-2-3-4-8-6-14-10(7-13-8)9(12)5-11/h2,5,8,10H,1,3-4,6-7H2. The molecule has 1 heterocycles. The molecule has 0 bridgehead atoms. The summed E-state index contributed by atoms with van der Waals surface area (Å²) in [6, 6.07) is 0. The number of ether oxygens (including phenoxy) is 2. The van der Waals surface area contributed by atoms with Crippen molar-refractivity contribution >= 4 is 12.1 Å². The summed E-state index contributed by atoms with van der Waals surface area (Å²) in [5.74, 6) is -0.549. The topological polar surface area (TPSA) is 52.6 Å². The van der Waals surface area contributed by atoms with Crippen LogP contribution in [0.1, 0.15) is 12.8 Å². The van der Waals surface area contributed by atoms with E-state index in [1.54, 1.807) is 0 Å². The average molecular weight is 198 g/mol. The third kappa shape index (κ3) is 3.05. The number of hydrogen-bond donors (Lipinski definition) is 0.